The highest BCUT2D eigenvalue weighted by Crippen LogP contribution is 2.28. The summed E-state index contributed by atoms with van der Waals surface area (Å²) in [5.74, 6) is 0.0127. The summed E-state index contributed by atoms with van der Waals surface area (Å²) in [5, 5.41) is 10.8. The van der Waals surface area contributed by atoms with E-state index >= 15 is 0 Å². The summed E-state index contributed by atoms with van der Waals surface area (Å²) in [6.07, 6.45) is 6.10. The lowest BCUT2D eigenvalue weighted by atomic mass is 9.87. The van der Waals surface area contributed by atoms with Gasteiger partial charge >= 0.3 is 0 Å². The molecule has 1 amide bonds. The van der Waals surface area contributed by atoms with E-state index in [-0.39, 0.29) is 30.7 Å². The van der Waals surface area contributed by atoms with Crippen LogP contribution in [0.15, 0.2) is 42.7 Å². The lowest BCUT2D eigenvalue weighted by Crippen LogP contribution is -2.52. The van der Waals surface area contributed by atoms with E-state index in [0.29, 0.717) is 0 Å². The highest BCUT2D eigenvalue weighted by Gasteiger charge is 2.41. The Morgan fingerprint density at radius 2 is 1.89 bits per heavy atom. The van der Waals surface area contributed by atoms with Crippen LogP contribution in [-0.2, 0) is 16.8 Å². The molecule has 2 heterocycles. The Hall–Kier alpha value is -1.60. The number of carbonyl (C=O) groups is 1. The lowest BCUT2D eigenvalue weighted by Gasteiger charge is -2.36. The van der Waals surface area contributed by atoms with Gasteiger partial charge in [0, 0.05) is 24.6 Å². The molecule has 2 N–H and O–H groups in total. The number of piperidine rings is 1. The number of rotatable bonds is 6. The van der Waals surface area contributed by atoms with E-state index < -0.39 is 5.54 Å². The van der Waals surface area contributed by atoms with E-state index in [2.05, 4.69) is 46.9 Å². The van der Waals surface area contributed by atoms with Crippen LogP contribution in [0.5, 0.6) is 0 Å². The summed E-state index contributed by atoms with van der Waals surface area (Å²) in [5.41, 5.74) is 1.50. The van der Waals surface area contributed by atoms with Crippen LogP contribution >= 0.6 is 24.8 Å². The molecule has 27 heavy (non-hydrogen) atoms. The van der Waals surface area contributed by atoms with Crippen LogP contribution in [-0.4, -0.2) is 54.3 Å². The summed E-state index contributed by atoms with van der Waals surface area (Å²) in [6.45, 7) is 2.65. The molecular formula is C19H29Cl2N5O. The zero-order valence-corrected chi connectivity index (χ0v) is 17.5. The summed E-state index contributed by atoms with van der Waals surface area (Å²) in [6, 6.07) is 10.0. The largest absolute Gasteiger partial charge is 0.324 e. The normalized spacial score (nSPS) is 15.5. The monoisotopic (exact) mass is 413 g/mol. The van der Waals surface area contributed by atoms with Gasteiger partial charge in [0.25, 0.3) is 5.91 Å². The van der Waals surface area contributed by atoms with Crippen LogP contribution in [0.1, 0.15) is 18.4 Å². The van der Waals surface area contributed by atoms with Crippen molar-refractivity contribution >= 4 is 36.4 Å². The molecule has 6 nitrogen and oxygen atoms in total. The van der Waals surface area contributed by atoms with Crippen LogP contribution in [0.2, 0.25) is 0 Å². The number of nitrogens with zero attached hydrogens (tertiary/aromatic N) is 3. The number of likely N-dealkylation sites (N-methyl/N-ethyl adjacent to an activating group) is 1. The predicted octanol–water partition coefficient (Wildman–Crippen LogP) is 2.55. The summed E-state index contributed by atoms with van der Waals surface area (Å²) in [7, 11) is 4.14. The van der Waals surface area contributed by atoms with E-state index in [4.69, 9.17) is 0 Å². The Labute approximate surface area is 173 Å². The molecular weight excluding hydrogens is 385 g/mol. The van der Waals surface area contributed by atoms with Crippen molar-refractivity contribution in [2.75, 3.05) is 39.0 Å². The molecule has 0 radical (unpaired) electrons. The molecule has 1 aromatic heterocycles. The molecule has 8 heteroatoms. The molecule has 2 aromatic rings. The zero-order valence-electron chi connectivity index (χ0n) is 15.9. The van der Waals surface area contributed by atoms with Gasteiger partial charge in [-0.1, -0.05) is 12.1 Å². The molecule has 0 unspecified atom stereocenters. The third-order valence-corrected chi connectivity index (χ3v) is 4.86. The minimum absolute atomic E-state index is 0. The van der Waals surface area contributed by atoms with Gasteiger partial charge in [-0.25, -0.2) is 0 Å². The van der Waals surface area contributed by atoms with E-state index in [1.807, 2.05) is 29.1 Å². The molecule has 0 atom stereocenters. The molecule has 1 aliphatic heterocycles. The van der Waals surface area contributed by atoms with Crippen LogP contribution in [0.3, 0.4) is 0 Å². The van der Waals surface area contributed by atoms with Crippen molar-refractivity contribution in [1.82, 2.24) is 20.0 Å². The minimum atomic E-state index is -0.613. The Morgan fingerprint density at radius 3 is 2.44 bits per heavy atom. The topological polar surface area (TPSA) is 62.2 Å². The smallest absolute Gasteiger partial charge is 0.252 e. The maximum atomic E-state index is 13.1. The van der Waals surface area contributed by atoms with Gasteiger partial charge in [-0.05, 0) is 70.2 Å². The molecule has 3 rings (SSSR count). The van der Waals surface area contributed by atoms with E-state index in [1.165, 1.54) is 5.56 Å². The quantitative estimate of drug-likeness (QED) is 0.763. The van der Waals surface area contributed by atoms with E-state index in [1.54, 1.807) is 6.20 Å². The Balaban J connectivity index is 0.00000182. The molecule has 0 bridgehead atoms. The molecule has 150 valence electrons. The van der Waals surface area contributed by atoms with Gasteiger partial charge in [0.2, 0.25) is 0 Å². The first-order valence-corrected chi connectivity index (χ1v) is 8.86. The number of carbonyl (C=O) groups excluding carboxylic acids is 1. The lowest BCUT2D eigenvalue weighted by molar-refractivity contribution is -0.126. The minimum Gasteiger partial charge on any atom is -0.324 e. The molecule has 0 aliphatic carbocycles. The van der Waals surface area contributed by atoms with Crippen LogP contribution in [0.4, 0.5) is 5.69 Å². The Bertz CT molecular complexity index is 683. The first kappa shape index (κ1) is 23.4. The van der Waals surface area contributed by atoms with E-state index in [0.717, 1.165) is 44.6 Å². The molecule has 1 aliphatic rings. The van der Waals surface area contributed by atoms with E-state index in [9.17, 15) is 4.79 Å². The molecule has 1 aromatic carbocycles. The van der Waals surface area contributed by atoms with Crippen molar-refractivity contribution in [3.63, 3.8) is 0 Å². The van der Waals surface area contributed by atoms with Gasteiger partial charge in [-0.2, -0.15) is 5.10 Å². The fourth-order valence-electron chi connectivity index (χ4n) is 3.28. The summed E-state index contributed by atoms with van der Waals surface area (Å²) >= 11 is 0. The molecule has 1 saturated heterocycles. The van der Waals surface area contributed by atoms with Gasteiger partial charge in [0.1, 0.15) is 5.54 Å². The van der Waals surface area contributed by atoms with Crippen molar-refractivity contribution in [2.45, 2.75) is 24.8 Å². The fourth-order valence-corrected chi connectivity index (χ4v) is 3.28. The predicted molar refractivity (Wildman–Crippen MR) is 114 cm³/mol. The molecule has 0 saturated carbocycles. The second-order valence-corrected chi connectivity index (χ2v) is 6.94. The standard InChI is InChI=1S/C19H27N5O.2ClH/c1-23(2)15-8-16-4-6-17(7-5-16)22-18(25)19(9-12-20-13-10-19)24-14-3-11-21-24;;/h3-7,11,14,20H,8-10,12-13,15H2,1-2H3,(H,22,25);2*1H. The molecule has 0 spiro atoms. The number of nitrogens with one attached hydrogen (secondary N) is 2. The average molecular weight is 414 g/mol. The average Bonchev–Trinajstić information content (AvgIpc) is 3.17. The summed E-state index contributed by atoms with van der Waals surface area (Å²) < 4.78 is 1.81. The maximum Gasteiger partial charge on any atom is 0.252 e. The van der Waals surface area contributed by atoms with Crippen molar-refractivity contribution in [2.24, 2.45) is 0 Å². The zero-order chi connectivity index (χ0) is 17.7. The number of hydrogen-bond donors (Lipinski definition) is 2. The number of halogens is 2. The van der Waals surface area contributed by atoms with Gasteiger partial charge in [0.15, 0.2) is 0 Å². The third kappa shape index (κ3) is 5.69. The second-order valence-electron chi connectivity index (χ2n) is 6.94. The fraction of sp³-hybridized carbons (Fsp3) is 0.474. The SMILES string of the molecule is CN(C)CCc1ccc(NC(=O)C2(n3cccn3)CCNCC2)cc1.Cl.Cl. The number of anilines is 1. The third-order valence-electron chi connectivity index (χ3n) is 4.86. The van der Waals surface area contributed by atoms with Crippen molar-refractivity contribution in [3.05, 3.63) is 48.3 Å². The Morgan fingerprint density at radius 1 is 1.22 bits per heavy atom. The maximum absolute atomic E-state index is 13.1. The van der Waals surface area contributed by atoms with Crippen molar-refractivity contribution in [1.29, 1.82) is 0 Å². The van der Waals surface area contributed by atoms with Gasteiger partial charge < -0.3 is 15.5 Å². The molecule has 1 fully saturated rings. The number of hydrogen-bond acceptors (Lipinski definition) is 4. The van der Waals surface area contributed by atoms with Gasteiger partial charge in [-0.3, -0.25) is 9.48 Å². The van der Waals surface area contributed by atoms with Crippen LogP contribution < -0.4 is 10.6 Å². The summed E-state index contributed by atoms with van der Waals surface area (Å²) in [4.78, 5) is 15.2. The second kappa shape index (κ2) is 10.7. The van der Waals surface area contributed by atoms with Gasteiger partial charge in [0.05, 0.1) is 0 Å². The van der Waals surface area contributed by atoms with Crippen LogP contribution in [0.25, 0.3) is 0 Å². The number of aromatic nitrogens is 2. The van der Waals surface area contributed by atoms with Crippen LogP contribution in [0, 0.1) is 0 Å². The highest BCUT2D eigenvalue weighted by atomic mass is 35.5. The number of amides is 1. The first-order valence-electron chi connectivity index (χ1n) is 8.86. The number of benzene rings is 1. The highest BCUT2D eigenvalue weighted by molar-refractivity contribution is 5.96. The van der Waals surface area contributed by atoms with Crippen molar-refractivity contribution in [3.8, 4) is 0 Å². The van der Waals surface area contributed by atoms with Gasteiger partial charge in [-0.15, -0.1) is 24.8 Å². The first-order chi connectivity index (χ1) is 12.1. The van der Waals surface area contributed by atoms with Crippen molar-refractivity contribution < 1.29 is 4.79 Å². The Kier molecular flexibility index (Phi) is 9.26.